The largest absolute Gasteiger partial charge is 0.491 e. The first-order chi connectivity index (χ1) is 8.60. The highest BCUT2D eigenvalue weighted by Crippen LogP contribution is 2.23. The van der Waals surface area contributed by atoms with E-state index in [-0.39, 0.29) is 11.6 Å². The molecule has 0 bridgehead atoms. The van der Waals surface area contributed by atoms with Gasteiger partial charge in [0.2, 0.25) is 5.95 Å². The van der Waals surface area contributed by atoms with Crippen LogP contribution in [-0.4, -0.2) is 16.2 Å². The van der Waals surface area contributed by atoms with E-state index in [2.05, 4.69) is 10.3 Å². The number of halogens is 1. The van der Waals surface area contributed by atoms with Gasteiger partial charge < -0.3 is 14.6 Å². The number of nitrogens with one attached hydrogen (secondary N) is 1. The van der Waals surface area contributed by atoms with Gasteiger partial charge in [-0.15, -0.1) is 0 Å². The Bertz CT molecular complexity index is 551. The average Bonchev–Trinajstić information content (AvgIpc) is 2.61. The lowest BCUT2D eigenvalue weighted by atomic mass is 10.3. The minimum absolute atomic E-state index is 0.263. The lowest BCUT2D eigenvalue weighted by molar-refractivity contribution is 0.321. The van der Waals surface area contributed by atoms with Crippen molar-refractivity contribution in [3.8, 4) is 5.75 Å². The van der Waals surface area contributed by atoms with Crippen molar-refractivity contribution in [1.82, 2.24) is 9.55 Å². The summed E-state index contributed by atoms with van der Waals surface area (Å²) >= 11 is 0. The number of hydrogen-bond donors (Lipinski definition) is 1. The SMILES string of the molecule is CCOc1ccc(Nc2nc(C)cn2C)cc1F. The molecule has 1 aromatic carbocycles. The van der Waals surface area contributed by atoms with Gasteiger partial charge in [-0.3, -0.25) is 0 Å². The molecule has 18 heavy (non-hydrogen) atoms. The predicted octanol–water partition coefficient (Wildman–Crippen LogP) is 3.01. The van der Waals surface area contributed by atoms with Crippen LogP contribution in [0.5, 0.6) is 5.75 Å². The Morgan fingerprint density at radius 3 is 2.78 bits per heavy atom. The fraction of sp³-hybridized carbons (Fsp3) is 0.308. The number of imidazole rings is 1. The molecule has 0 unspecified atom stereocenters. The van der Waals surface area contributed by atoms with Gasteiger partial charge in [-0.05, 0) is 26.0 Å². The quantitative estimate of drug-likeness (QED) is 0.905. The molecule has 0 saturated heterocycles. The van der Waals surface area contributed by atoms with E-state index >= 15 is 0 Å². The van der Waals surface area contributed by atoms with Crippen LogP contribution in [0.3, 0.4) is 0 Å². The van der Waals surface area contributed by atoms with Crippen molar-refractivity contribution in [2.75, 3.05) is 11.9 Å². The molecular weight excluding hydrogens is 233 g/mol. The molecule has 1 aromatic heterocycles. The maximum absolute atomic E-state index is 13.7. The molecule has 0 amide bonds. The van der Waals surface area contributed by atoms with Crippen LogP contribution in [0.25, 0.3) is 0 Å². The lowest BCUT2D eigenvalue weighted by Crippen LogP contribution is -2.00. The fourth-order valence-electron chi connectivity index (χ4n) is 1.71. The normalized spacial score (nSPS) is 10.4. The number of ether oxygens (including phenoxy) is 1. The molecule has 1 N–H and O–H groups in total. The maximum Gasteiger partial charge on any atom is 0.207 e. The second-order valence-electron chi connectivity index (χ2n) is 4.02. The second kappa shape index (κ2) is 5.08. The first-order valence-corrected chi connectivity index (χ1v) is 5.79. The number of anilines is 2. The summed E-state index contributed by atoms with van der Waals surface area (Å²) in [5.41, 5.74) is 1.55. The fourth-order valence-corrected chi connectivity index (χ4v) is 1.71. The molecule has 0 aliphatic rings. The summed E-state index contributed by atoms with van der Waals surface area (Å²) in [5.74, 6) is 0.558. The van der Waals surface area contributed by atoms with Crippen molar-refractivity contribution in [2.45, 2.75) is 13.8 Å². The van der Waals surface area contributed by atoms with Gasteiger partial charge in [0.15, 0.2) is 11.6 Å². The zero-order chi connectivity index (χ0) is 13.1. The van der Waals surface area contributed by atoms with Gasteiger partial charge in [0.25, 0.3) is 0 Å². The summed E-state index contributed by atoms with van der Waals surface area (Å²) in [4.78, 5) is 4.29. The smallest absolute Gasteiger partial charge is 0.207 e. The number of benzene rings is 1. The molecule has 1 heterocycles. The van der Waals surface area contributed by atoms with Crippen molar-refractivity contribution >= 4 is 11.6 Å². The number of nitrogens with zero attached hydrogens (tertiary/aromatic N) is 2. The van der Waals surface area contributed by atoms with Crippen LogP contribution in [0, 0.1) is 12.7 Å². The average molecular weight is 249 g/mol. The van der Waals surface area contributed by atoms with Crippen molar-refractivity contribution in [1.29, 1.82) is 0 Å². The number of aromatic nitrogens is 2. The van der Waals surface area contributed by atoms with E-state index in [9.17, 15) is 4.39 Å². The molecule has 2 rings (SSSR count). The van der Waals surface area contributed by atoms with E-state index in [0.717, 1.165) is 5.69 Å². The van der Waals surface area contributed by atoms with E-state index in [4.69, 9.17) is 4.74 Å². The molecule has 0 radical (unpaired) electrons. The van der Waals surface area contributed by atoms with Gasteiger partial charge in [0.1, 0.15) is 0 Å². The van der Waals surface area contributed by atoms with E-state index in [1.165, 1.54) is 6.07 Å². The van der Waals surface area contributed by atoms with Gasteiger partial charge in [-0.1, -0.05) is 0 Å². The number of aryl methyl sites for hydroxylation is 2. The standard InChI is InChI=1S/C13H16FN3O/c1-4-18-12-6-5-10(7-11(12)14)16-13-15-9(2)8-17(13)3/h5-8H,4H2,1-3H3,(H,15,16). The Morgan fingerprint density at radius 2 is 2.22 bits per heavy atom. The van der Waals surface area contributed by atoms with Crippen molar-refractivity contribution < 1.29 is 9.13 Å². The summed E-state index contributed by atoms with van der Waals surface area (Å²) in [6, 6.07) is 4.77. The Kier molecular flexibility index (Phi) is 3.50. The van der Waals surface area contributed by atoms with Crippen molar-refractivity contribution in [3.05, 3.63) is 35.9 Å². The monoisotopic (exact) mass is 249 g/mol. The molecule has 0 aliphatic heterocycles. The number of hydrogen-bond acceptors (Lipinski definition) is 3. The van der Waals surface area contributed by atoms with Gasteiger partial charge in [0.05, 0.1) is 12.3 Å². The highest BCUT2D eigenvalue weighted by atomic mass is 19.1. The van der Waals surface area contributed by atoms with Crippen LogP contribution in [0.4, 0.5) is 16.0 Å². The van der Waals surface area contributed by atoms with Crippen LogP contribution in [0.1, 0.15) is 12.6 Å². The first-order valence-electron chi connectivity index (χ1n) is 5.79. The van der Waals surface area contributed by atoms with Gasteiger partial charge in [-0.25, -0.2) is 9.37 Å². The van der Waals surface area contributed by atoms with E-state index in [1.54, 1.807) is 12.1 Å². The summed E-state index contributed by atoms with van der Waals surface area (Å²) in [5, 5.41) is 3.06. The van der Waals surface area contributed by atoms with E-state index in [1.807, 2.05) is 31.7 Å². The molecular formula is C13H16FN3O. The molecule has 4 nitrogen and oxygen atoms in total. The molecule has 0 saturated carbocycles. The maximum atomic E-state index is 13.7. The summed E-state index contributed by atoms with van der Waals surface area (Å²) in [6.07, 6.45) is 1.90. The highest BCUT2D eigenvalue weighted by Gasteiger charge is 2.06. The summed E-state index contributed by atoms with van der Waals surface area (Å²) in [6.45, 7) is 4.18. The first kappa shape index (κ1) is 12.4. The molecule has 0 atom stereocenters. The predicted molar refractivity (Wildman–Crippen MR) is 68.8 cm³/mol. The Balaban J connectivity index is 2.20. The van der Waals surface area contributed by atoms with Gasteiger partial charge in [0, 0.05) is 25.0 Å². The minimum Gasteiger partial charge on any atom is -0.491 e. The summed E-state index contributed by atoms with van der Waals surface area (Å²) < 4.78 is 20.7. The third kappa shape index (κ3) is 2.61. The van der Waals surface area contributed by atoms with Crippen LogP contribution >= 0.6 is 0 Å². The van der Waals surface area contributed by atoms with Crippen LogP contribution in [-0.2, 0) is 7.05 Å². The summed E-state index contributed by atoms with van der Waals surface area (Å²) in [7, 11) is 1.88. The van der Waals surface area contributed by atoms with Gasteiger partial charge >= 0.3 is 0 Å². The van der Waals surface area contributed by atoms with E-state index < -0.39 is 0 Å². The van der Waals surface area contributed by atoms with Crippen molar-refractivity contribution in [2.24, 2.45) is 7.05 Å². The van der Waals surface area contributed by atoms with Crippen LogP contribution < -0.4 is 10.1 Å². The molecule has 0 fully saturated rings. The van der Waals surface area contributed by atoms with Gasteiger partial charge in [-0.2, -0.15) is 0 Å². The minimum atomic E-state index is -0.382. The third-order valence-corrected chi connectivity index (χ3v) is 2.48. The number of rotatable bonds is 4. The van der Waals surface area contributed by atoms with Crippen LogP contribution in [0.15, 0.2) is 24.4 Å². The molecule has 2 aromatic rings. The molecule has 0 spiro atoms. The Morgan fingerprint density at radius 1 is 1.44 bits per heavy atom. The molecule has 96 valence electrons. The highest BCUT2D eigenvalue weighted by molar-refractivity contribution is 5.55. The Hall–Kier alpha value is -2.04. The molecule has 0 aliphatic carbocycles. The van der Waals surface area contributed by atoms with E-state index in [0.29, 0.717) is 18.2 Å². The third-order valence-electron chi connectivity index (χ3n) is 2.48. The zero-order valence-electron chi connectivity index (χ0n) is 10.7. The lowest BCUT2D eigenvalue weighted by Gasteiger charge is -2.08. The van der Waals surface area contributed by atoms with Crippen LogP contribution in [0.2, 0.25) is 0 Å². The molecule has 5 heteroatoms. The zero-order valence-corrected chi connectivity index (χ0v) is 10.7. The second-order valence-corrected chi connectivity index (χ2v) is 4.02. The topological polar surface area (TPSA) is 39.1 Å². The van der Waals surface area contributed by atoms with Crippen molar-refractivity contribution in [3.63, 3.8) is 0 Å². The Labute approximate surface area is 105 Å².